The van der Waals surface area contributed by atoms with Crippen molar-refractivity contribution in [3.8, 4) is 17.1 Å². The third-order valence-electron chi connectivity index (χ3n) is 4.88. The number of carbonyl (C=O) groups excluding carboxylic acids is 1. The number of rotatable bonds is 3. The maximum atomic E-state index is 12.7. The SMILES string of the molecule is COc1ccc(-c2nc3nc4c(cn3n2)C(=O)CC(c2cccs2)C4)cc1. The van der Waals surface area contributed by atoms with E-state index in [1.807, 2.05) is 35.7 Å². The molecule has 1 atom stereocenters. The molecule has 0 amide bonds. The molecule has 5 rings (SSSR count). The van der Waals surface area contributed by atoms with Crippen LogP contribution < -0.4 is 4.74 Å². The number of methoxy groups -OCH3 is 1. The van der Waals surface area contributed by atoms with Crippen molar-refractivity contribution in [2.24, 2.45) is 0 Å². The molecule has 1 aromatic carbocycles. The molecular formula is C20H16N4O2S. The van der Waals surface area contributed by atoms with E-state index in [-0.39, 0.29) is 11.7 Å². The Morgan fingerprint density at radius 3 is 2.74 bits per heavy atom. The number of nitrogens with zero attached hydrogens (tertiary/aromatic N) is 4. The van der Waals surface area contributed by atoms with E-state index in [9.17, 15) is 4.79 Å². The topological polar surface area (TPSA) is 69.4 Å². The van der Waals surface area contributed by atoms with Crippen molar-refractivity contribution >= 4 is 22.9 Å². The molecule has 4 aromatic rings. The molecule has 3 aromatic heterocycles. The fourth-order valence-electron chi connectivity index (χ4n) is 3.47. The number of benzene rings is 1. The molecule has 1 aliphatic carbocycles. The summed E-state index contributed by atoms with van der Waals surface area (Å²) in [5, 5.41) is 6.55. The molecule has 0 fully saturated rings. The standard InChI is InChI=1S/C20H16N4O2S/c1-26-14-6-4-12(5-7-14)19-22-20-21-16-9-13(18-3-2-8-27-18)10-17(25)15(16)11-24(20)23-19/h2-8,11,13H,9-10H2,1H3. The highest BCUT2D eigenvalue weighted by Crippen LogP contribution is 2.34. The van der Waals surface area contributed by atoms with E-state index in [4.69, 9.17) is 4.74 Å². The van der Waals surface area contributed by atoms with Gasteiger partial charge in [-0.25, -0.2) is 9.50 Å². The van der Waals surface area contributed by atoms with Crippen molar-refractivity contribution in [2.45, 2.75) is 18.8 Å². The van der Waals surface area contributed by atoms with E-state index in [1.54, 1.807) is 29.2 Å². The lowest BCUT2D eigenvalue weighted by Gasteiger charge is -2.21. The Balaban J connectivity index is 1.54. The molecule has 0 bridgehead atoms. The van der Waals surface area contributed by atoms with E-state index in [0.29, 0.717) is 23.6 Å². The maximum absolute atomic E-state index is 12.7. The Morgan fingerprint density at radius 1 is 1.15 bits per heavy atom. The molecule has 6 nitrogen and oxygen atoms in total. The predicted molar refractivity (Wildman–Crippen MR) is 102 cm³/mol. The van der Waals surface area contributed by atoms with Crippen molar-refractivity contribution in [1.29, 1.82) is 0 Å². The van der Waals surface area contributed by atoms with E-state index < -0.39 is 0 Å². The van der Waals surface area contributed by atoms with Gasteiger partial charge >= 0.3 is 0 Å². The molecule has 27 heavy (non-hydrogen) atoms. The predicted octanol–water partition coefficient (Wildman–Crippen LogP) is 3.77. The third-order valence-corrected chi connectivity index (χ3v) is 5.91. The van der Waals surface area contributed by atoms with Crippen LogP contribution in [0.2, 0.25) is 0 Å². The summed E-state index contributed by atoms with van der Waals surface area (Å²) in [6.45, 7) is 0. The monoisotopic (exact) mass is 376 g/mol. The lowest BCUT2D eigenvalue weighted by molar-refractivity contribution is 0.0963. The minimum Gasteiger partial charge on any atom is -0.497 e. The van der Waals surface area contributed by atoms with Gasteiger partial charge in [-0.1, -0.05) is 6.07 Å². The Labute approximate surface area is 159 Å². The van der Waals surface area contributed by atoms with Crippen LogP contribution in [-0.4, -0.2) is 32.5 Å². The minimum absolute atomic E-state index is 0.116. The van der Waals surface area contributed by atoms with Gasteiger partial charge in [-0.05, 0) is 42.1 Å². The number of hydrogen-bond acceptors (Lipinski definition) is 6. The van der Waals surface area contributed by atoms with E-state index >= 15 is 0 Å². The summed E-state index contributed by atoms with van der Waals surface area (Å²) < 4.78 is 6.79. The number of fused-ring (bicyclic) bond motifs is 2. The van der Waals surface area contributed by atoms with Crippen LogP contribution in [0, 0.1) is 0 Å². The van der Waals surface area contributed by atoms with Crippen LogP contribution in [0.4, 0.5) is 0 Å². The average Bonchev–Trinajstić information content (AvgIpc) is 3.36. The highest BCUT2D eigenvalue weighted by Gasteiger charge is 2.29. The van der Waals surface area contributed by atoms with Crippen molar-refractivity contribution in [2.75, 3.05) is 7.11 Å². The van der Waals surface area contributed by atoms with E-state index in [0.717, 1.165) is 23.4 Å². The second-order valence-corrected chi connectivity index (χ2v) is 7.53. The van der Waals surface area contributed by atoms with Gasteiger partial charge in [0.2, 0.25) is 0 Å². The van der Waals surface area contributed by atoms with E-state index in [1.165, 1.54) is 4.88 Å². The molecule has 0 saturated carbocycles. The summed E-state index contributed by atoms with van der Waals surface area (Å²) in [6, 6.07) is 11.7. The molecule has 1 aliphatic rings. The lowest BCUT2D eigenvalue weighted by atomic mass is 9.86. The molecule has 1 unspecified atom stereocenters. The smallest absolute Gasteiger partial charge is 0.252 e. The summed E-state index contributed by atoms with van der Waals surface area (Å²) in [7, 11) is 1.63. The quantitative estimate of drug-likeness (QED) is 0.544. The average molecular weight is 376 g/mol. The molecule has 7 heteroatoms. The first-order chi connectivity index (χ1) is 13.2. The minimum atomic E-state index is 0.116. The first-order valence-corrected chi connectivity index (χ1v) is 9.56. The number of ketones is 1. The van der Waals surface area contributed by atoms with Crippen LogP contribution in [0.15, 0.2) is 48.0 Å². The largest absolute Gasteiger partial charge is 0.497 e. The second kappa shape index (κ2) is 6.28. The highest BCUT2D eigenvalue weighted by atomic mass is 32.1. The van der Waals surface area contributed by atoms with Gasteiger partial charge in [0, 0.05) is 29.0 Å². The summed E-state index contributed by atoms with van der Waals surface area (Å²) >= 11 is 1.69. The zero-order valence-electron chi connectivity index (χ0n) is 14.6. The van der Waals surface area contributed by atoms with Crippen molar-refractivity contribution in [3.63, 3.8) is 0 Å². The number of aromatic nitrogens is 4. The van der Waals surface area contributed by atoms with Crippen molar-refractivity contribution in [3.05, 3.63) is 64.1 Å². The fraction of sp³-hybridized carbons (Fsp3) is 0.200. The van der Waals surface area contributed by atoms with Gasteiger partial charge in [-0.15, -0.1) is 16.4 Å². The van der Waals surface area contributed by atoms with Crippen LogP contribution in [0.3, 0.4) is 0 Å². The number of ether oxygens (including phenoxy) is 1. The third kappa shape index (κ3) is 2.80. The van der Waals surface area contributed by atoms with Crippen molar-refractivity contribution in [1.82, 2.24) is 19.6 Å². The molecule has 134 valence electrons. The zero-order valence-corrected chi connectivity index (χ0v) is 15.4. The Kier molecular flexibility index (Phi) is 3.75. The Hall–Kier alpha value is -3.06. The highest BCUT2D eigenvalue weighted by molar-refractivity contribution is 7.10. The Bertz CT molecular complexity index is 1130. The molecule has 0 spiro atoms. The fourth-order valence-corrected chi connectivity index (χ4v) is 4.30. The van der Waals surface area contributed by atoms with Crippen LogP contribution in [0.25, 0.3) is 17.2 Å². The summed E-state index contributed by atoms with van der Waals surface area (Å²) in [5.41, 5.74) is 2.34. The summed E-state index contributed by atoms with van der Waals surface area (Å²) in [4.78, 5) is 23.1. The first-order valence-electron chi connectivity index (χ1n) is 8.68. The second-order valence-electron chi connectivity index (χ2n) is 6.55. The van der Waals surface area contributed by atoms with Gasteiger partial charge < -0.3 is 4.74 Å². The number of carbonyl (C=O) groups is 1. The summed E-state index contributed by atoms with van der Waals surface area (Å²) in [5.74, 6) is 2.18. The maximum Gasteiger partial charge on any atom is 0.252 e. The van der Waals surface area contributed by atoms with Gasteiger partial charge in [0.05, 0.1) is 18.4 Å². The van der Waals surface area contributed by atoms with Gasteiger partial charge in [0.1, 0.15) is 5.75 Å². The number of hydrogen-bond donors (Lipinski definition) is 0. The zero-order chi connectivity index (χ0) is 18.4. The summed E-state index contributed by atoms with van der Waals surface area (Å²) in [6.07, 6.45) is 3.04. The Morgan fingerprint density at radius 2 is 2.00 bits per heavy atom. The molecular weight excluding hydrogens is 360 g/mol. The molecule has 0 N–H and O–H groups in total. The van der Waals surface area contributed by atoms with Gasteiger partial charge in [-0.2, -0.15) is 4.98 Å². The van der Waals surface area contributed by atoms with Crippen LogP contribution in [0.5, 0.6) is 5.75 Å². The molecule has 0 aliphatic heterocycles. The number of thiophene rings is 1. The van der Waals surface area contributed by atoms with Crippen LogP contribution in [-0.2, 0) is 6.42 Å². The van der Waals surface area contributed by atoms with E-state index in [2.05, 4.69) is 21.1 Å². The van der Waals surface area contributed by atoms with Gasteiger partial charge in [0.25, 0.3) is 5.78 Å². The molecule has 3 heterocycles. The van der Waals surface area contributed by atoms with Crippen molar-refractivity contribution < 1.29 is 9.53 Å². The van der Waals surface area contributed by atoms with Crippen LogP contribution in [0.1, 0.15) is 33.3 Å². The number of Topliss-reactive ketones (excluding diaryl/α,β-unsaturated/α-hetero) is 1. The van der Waals surface area contributed by atoms with Gasteiger partial charge in [-0.3, -0.25) is 4.79 Å². The van der Waals surface area contributed by atoms with Crippen LogP contribution >= 0.6 is 11.3 Å². The molecule has 0 saturated heterocycles. The first kappa shape index (κ1) is 16.1. The normalized spacial score (nSPS) is 16.5. The van der Waals surface area contributed by atoms with Gasteiger partial charge in [0.15, 0.2) is 11.6 Å². The molecule has 0 radical (unpaired) electrons. The lowest BCUT2D eigenvalue weighted by Crippen LogP contribution is -2.20.